The van der Waals surface area contributed by atoms with Gasteiger partial charge < -0.3 is 0 Å². The quantitative estimate of drug-likeness (QED) is 0.799. The largest absolute Gasteiger partial charge is 0.265 e. The molecule has 0 N–H and O–H groups in total. The molecule has 1 aromatic carbocycles. The zero-order chi connectivity index (χ0) is 11.6. The van der Waals surface area contributed by atoms with Crippen LogP contribution in [0.2, 0.25) is 0 Å². The molecule has 0 bridgehead atoms. The smallest absolute Gasteiger partial charge is 0.206 e. The van der Waals surface area contributed by atoms with Gasteiger partial charge >= 0.3 is 0 Å². The summed E-state index contributed by atoms with van der Waals surface area (Å²) in [5.74, 6) is 0. The van der Waals surface area contributed by atoms with Gasteiger partial charge in [0, 0.05) is 12.4 Å². The third kappa shape index (κ3) is 1.84. The van der Waals surface area contributed by atoms with E-state index in [1.165, 1.54) is 24.5 Å². The summed E-state index contributed by atoms with van der Waals surface area (Å²) >= 11 is 0. The topological polar surface area (TPSA) is 47.0 Å². The molecule has 0 spiro atoms. The van der Waals surface area contributed by atoms with E-state index in [-0.39, 0.29) is 4.90 Å². The lowest BCUT2D eigenvalue weighted by Gasteiger charge is -2.06. The Labute approximate surface area is 94.7 Å². The maximum atomic E-state index is 12.2. The molecule has 0 atom stereocenters. The van der Waals surface area contributed by atoms with Crippen molar-refractivity contribution in [3.63, 3.8) is 0 Å². The fourth-order valence-corrected chi connectivity index (χ4v) is 2.99. The van der Waals surface area contributed by atoms with Gasteiger partial charge in [-0.3, -0.25) is 4.98 Å². The molecule has 0 aliphatic carbocycles. The summed E-state index contributed by atoms with van der Waals surface area (Å²) in [5.41, 5.74) is 0.749. The van der Waals surface area contributed by atoms with Gasteiger partial charge in [0.15, 0.2) is 0 Å². The minimum atomic E-state index is -3.41. The molecular formula is C12H11NO2S. The second-order valence-corrected chi connectivity index (χ2v) is 5.37. The number of hydrogen-bond acceptors (Lipinski definition) is 3. The van der Waals surface area contributed by atoms with Crippen molar-refractivity contribution in [2.24, 2.45) is 0 Å². The molecule has 1 aromatic heterocycles. The van der Waals surface area contributed by atoms with E-state index in [0.717, 1.165) is 5.56 Å². The van der Waals surface area contributed by atoms with Crippen LogP contribution < -0.4 is 0 Å². The van der Waals surface area contributed by atoms with E-state index in [9.17, 15) is 8.42 Å². The summed E-state index contributed by atoms with van der Waals surface area (Å²) in [7, 11) is -3.41. The van der Waals surface area contributed by atoms with Crippen LogP contribution in [0.3, 0.4) is 0 Å². The normalized spacial score (nSPS) is 11.3. The Balaban J connectivity index is 2.62. The van der Waals surface area contributed by atoms with E-state index < -0.39 is 9.84 Å². The van der Waals surface area contributed by atoms with Gasteiger partial charge in [-0.1, -0.05) is 18.2 Å². The van der Waals surface area contributed by atoms with E-state index in [0.29, 0.717) is 4.90 Å². The second kappa shape index (κ2) is 4.06. The van der Waals surface area contributed by atoms with Gasteiger partial charge in [0.25, 0.3) is 0 Å². The molecule has 0 aliphatic heterocycles. The highest BCUT2D eigenvalue weighted by Crippen LogP contribution is 2.22. The number of rotatable bonds is 2. The number of aryl methyl sites for hydroxylation is 1. The van der Waals surface area contributed by atoms with Gasteiger partial charge in [0.1, 0.15) is 0 Å². The summed E-state index contributed by atoms with van der Waals surface area (Å²) in [6.45, 7) is 1.79. The molecule has 2 rings (SSSR count). The number of aromatic nitrogens is 1. The Kier molecular flexibility index (Phi) is 2.75. The highest BCUT2D eigenvalue weighted by Gasteiger charge is 2.18. The van der Waals surface area contributed by atoms with Crippen LogP contribution in [0.4, 0.5) is 0 Å². The first-order valence-electron chi connectivity index (χ1n) is 4.83. The van der Waals surface area contributed by atoms with Gasteiger partial charge in [-0.15, -0.1) is 0 Å². The van der Waals surface area contributed by atoms with Crippen LogP contribution in [0.5, 0.6) is 0 Å². The fourth-order valence-electron chi connectivity index (χ4n) is 1.50. The van der Waals surface area contributed by atoms with E-state index in [1.807, 2.05) is 6.07 Å². The standard InChI is InChI=1S/C12H11NO2S/c1-10-4-2-3-5-12(10)16(14,15)11-6-8-13-9-7-11/h2-9H,1H3. The van der Waals surface area contributed by atoms with Crippen molar-refractivity contribution in [1.82, 2.24) is 4.98 Å². The molecule has 0 saturated carbocycles. The Morgan fingerprint density at radius 2 is 1.62 bits per heavy atom. The van der Waals surface area contributed by atoms with Gasteiger partial charge in [-0.25, -0.2) is 8.42 Å². The summed E-state index contributed by atoms with van der Waals surface area (Å²) < 4.78 is 24.5. The molecule has 16 heavy (non-hydrogen) atoms. The Hall–Kier alpha value is -1.68. The first kappa shape index (κ1) is 10.8. The molecule has 0 aliphatic rings. The van der Waals surface area contributed by atoms with Crippen molar-refractivity contribution >= 4 is 9.84 Å². The second-order valence-electron chi connectivity index (χ2n) is 3.45. The Morgan fingerprint density at radius 1 is 1.00 bits per heavy atom. The average Bonchev–Trinajstić information content (AvgIpc) is 2.30. The third-order valence-electron chi connectivity index (χ3n) is 2.34. The van der Waals surface area contributed by atoms with Crippen molar-refractivity contribution in [3.05, 3.63) is 54.4 Å². The van der Waals surface area contributed by atoms with Gasteiger partial charge in [-0.05, 0) is 30.7 Å². The number of hydrogen-bond donors (Lipinski definition) is 0. The Bertz CT molecular complexity index is 591. The number of nitrogens with zero attached hydrogens (tertiary/aromatic N) is 1. The highest BCUT2D eigenvalue weighted by molar-refractivity contribution is 7.91. The molecule has 0 amide bonds. The lowest BCUT2D eigenvalue weighted by molar-refractivity contribution is 0.595. The molecule has 0 unspecified atom stereocenters. The van der Waals surface area contributed by atoms with Crippen molar-refractivity contribution in [1.29, 1.82) is 0 Å². The summed E-state index contributed by atoms with van der Waals surface area (Å²) in [5, 5.41) is 0. The zero-order valence-corrected chi connectivity index (χ0v) is 9.61. The first-order chi connectivity index (χ1) is 7.62. The lowest BCUT2D eigenvalue weighted by atomic mass is 10.2. The maximum absolute atomic E-state index is 12.2. The van der Waals surface area contributed by atoms with Crippen molar-refractivity contribution in [2.75, 3.05) is 0 Å². The van der Waals surface area contributed by atoms with E-state index in [1.54, 1.807) is 25.1 Å². The van der Waals surface area contributed by atoms with Crippen LogP contribution in [0.1, 0.15) is 5.56 Å². The minimum absolute atomic E-state index is 0.275. The molecule has 1 heterocycles. The average molecular weight is 233 g/mol. The molecular weight excluding hydrogens is 222 g/mol. The van der Waals surface area contributed by atoms with Crippen LogP contribution in [0, 0.1) is 6.92 Å². The molecule has 2 aromatic rings. The highest BCUT2D eigenvalue weighted by atomic mass is 32.2. The summed E-state index contributed by atoms with van der Waals surface area (Å²) in [6.07, 6.45) is 2.95. The first-order valence-corrected chi connectivity index (χ1v) is 6.31. The SMILES string of the molecule is Cc1ccccc1S(=O)(=O)c1ccncc1. The van der Waals surface area contributed by atoms with E-state index in [2.05, 4.69) is 4.98 Å². The van der Waals surface area contributed by atoms with Crippen LogP contribution in [-0.2, 0) is 9.84 Å². The van der Waals surface area contributed by atoms with Gasteiger partial charge in [0.05, 0.1) is 9.79 Å². The lowest BCUT2D eigenvalue weighted by Crippen LogP contribution is -2.03. The molecule has 0 fully saturated rings. The number of pyridine rings is 1. The Morgan fingerprint density at radius 3 is 2.25 bits per heavy atom. The third-order valence-corrected chi connectivity index (χ3v) is 4.27. The van der Waals surface area contributed by atoms with Gasteiger partial charge in [-0.2, -0.15) is 0 Å². The summed E-state index contributed by atoms with van der Waals surface area (Å²) in [6, 6.07) is 9.95. The molecule has 0 radical (unpaired) electrons. The fraction of sp³-hybridized carbons (Fsp3) is 0.0833. The van der Waals surface area contributed by atoms with Crippen LogP contribution in [0.15, 0.2) is 58.6 Å². The van der Waals surface area contributed by atoms with Crippen molar-refractivity contribution < 1.29 is 8.42 Å². The minimum Gasteiger partial charge on any atom is -0.265 e. The molecule has 82 valence electrons. The van der Waals surface area contributed by atoms with E-state index >= 15 is 0 Å². The molecule has 4 heteroatoms. The number of sulfone groups is 1. The van der Waals surface area contributed by atoms with Gasteiger partial charge in [0.2, 0.25) is 9.84 Å². The van der Waals surface area contributed by atoms with Crippen molar-refractivity contribution in [2.45, 2.75) is 16.7 Å². The van der Waals surface area contributed by atoms with Crippen molar-refractivity contribution in [3.8, 4) is 0 Å². The molecule has 0 saturated heterocycles. The molecule has 3 nitrogen and oxygen atoms in total. The monoisotopic (exact) mass is 233 g/mol. The maximum Gasteiger partial charge on any atom is 0.206 e. The summed E-state index contributed by atoms with van der Waals surface area (Å²) in [4.78, 5) is 4.43. The predicted octanol–water partition coefficient (Wildman–Crippen LogP) is 2.22. The van der Waals surface area contributed by atoms with E-state index in [4.69, 9.17) is 0 Å². The van der Waals surface area contributed by atoms with Crippen LogP contribution in [-0.4, -0.2) is 13.4 Å². The zero-order valence-electron chi connectivity index (χ0n) is 8.79. The predicted molar refractivity (Wildman–Crippen MR) is 60.9 cm³/mol. The number of benzene rings is 1. The van der Waals surface area contributed by atoms with Crippen LogP contribution in [0.25, 0.3) is 0 Å². The van der Waals surface area contributed by atoms with Crippen LogP contribution >= 0.6 is 0 Å².